The van der Waals surface area contributed by atoms with Gasteiger partial charge in [-0.15, -0.1) is 0 Å². The van der Waals surface area contributed by atoms with Gasteiger partial charge in [-0.3, -0.25) is 9.59 Å². The number of hydrogen-bond donors (Lipinski definition) is 2. The van der Waals surface area contributed by atoms with E-state index in [1.54, 1.807) is 25.4 Å². The number of fused-ring (bicyclic) bond motifs is 1. The van der Waals surface area contributed by atoms with Crippen molar-refractivity contribution >= 4 is 17.5 Å². The number of aromatic nitrogens is 5. The van der Waals surface area contributed by atoms with Gasteiger partial charge in [-0.25, -0.2) is 31.7 Å². The number of hydrogen-bond acceptors (Lipinski definition) is 8. The van der Waals surface area contributed by atoms with Gasteiger partial charge in [-0.2, -0.15) is 5.10 Å². The molecule has 11 nitrogen and oxygen atoms in total. The summed E-state index contributed by atoms with van der Waals surface area (Å²) >= 11 is 0. The van der Waals surface area contributed by atoms with E-state index in [-0.39, 0.29) is 92.8 Å². The van der Waals surface area contributed by atoms with Crippen LogP contribution in [0.1, 0.15) is 98.5 Å². The molecular weight excluding hydrogens is 574 g/mol. The fourth-order valence-electron chi connectivity index (χ4n) is 6.15. The zero-order chi connectivity index (χ0) is 30.4. The highest BCUT2D eigenvalue weighted by atomic mass is 19.3. The lowest BCUT2D eigenvalue weighted by molar-refractivity contribution is -0.134. The van der Waals surface area contributed by atoms with Gasteiger partial charge in [0.2, 0.25) is 23.4 Å². The Morgan fingerprint density at radius 3 is 2.44 bits per heavy atom. The van der Waals surface area contributed by atoms with Gasteiger partial charge >= 0.3 is 0 Å². The Morgan fingerprint density at radius 2 is 1.77 bits per heavy atom. The molecule has 232 valence electrons. The number of amides is 2. The second kappa shape index (κ2) is 11.4. The molecule has 2 amide bonds. The van der Waals surface area contributed by atoms with Crippen molar-refractivity contribution in [1.29, 1.82) is 0 Å². The van der Waals surface area contributed by atoms with Crippen LogP contribution in [0.25, 0.3) is 5.65 Å². The molecule has 0 radical (unpaired) electrons. The van der Waals surface area contributed by atoms with Crippen molar-refractivity contribution in [2.45, 2.75) is 88.6 Å². The molecule has 0 spiro atoms. The largest absolute Gasteiger partial charge is 0.474 e. The van der Waals surface area contributed by atoms with Crippen LogP contribution in [0.3, 0.4) is 0 Å². The van der Waals surface area contributed by atoms with Crippen molar-refractivity contribution in [2.24, 2.45) is 17.8 Å². The van der Waals surface area contributed by atoms with Gasteiger partial charge in [-0.1, -0.05) is 0 Å². The Kier molecular flexibility index (Phi) is 7.75. The SMILES string of the molecule is CCOc1nonc1C(=O)NC(c1cn2ncc([C@H](NC(=O)CC3CC(F)(F)C3)C3CC3)cc2n1)C1CCC(F)(F)CC1. The summed E-state index contributed by atoms with van der Waals surface area (Å²) < 4.78 is 66.0. The van der Waals surface area contributed by atoms with Crippen LogP contribution >= 0.6 is 0 Å². The Labute approximate surface area is 244 Å². The van der Waals surface area contributed by atoms with E-state index in [0.717, 1.165) is 18.4 Å². The van der Waals surface area contributed by atoms with E-state index in [9.17, 15) is 27.2 Å². The number of nitrogens with one attached hydrogen (secondary N) is 2. The van der Waals surface area contributed by atoms with E-state index >= 15 is 0 Å². The second-order valence-electron chi connectivity index (χ2n) is 12.0. The standard InChI is InChI=1S/C28H33F4N7O4/c1-2-42-26-24(37-43-38-26)25(41)36-23(17-5-7-27(29,30)8-6-17)19-14-39-20(34-19)10-18(13-33-39)22(16-3-4-16)35-21(40)9-15-11-28(31,32)12-15/h10,13-17,22-23H,2-9,11-12H2,1H3,(H,35,40)(H,36,41)/t22-,23?/m1/s1. The molecule has 3 aliphatic carbocycles. The maximum atomic E-state index is 14.0. The minimum atomic E-state index is -2.76. The maximum Gasteiger partial charge on any atom is 0.289 e. The monoisotopic (exact) mass is 607 g/mol. The number of carbonyl (C=O) groups is 2. The van der Waals surface area contributed by atoms with Gasteiger partial charge in [0.15, 0.2) is 5.65 Å². The predicted octanol–water partition coefficient (Wildman–Crippen LogP) is 4.81. The fraction of sp³-hybridized carbons (Fsp3) is 0.643. The Morgan fingerprint density at radius 1 is 1.05 bits per heavy atom. The average molecular weight is 608 g/mol. The third kappa shape index (κ3) is 6.59. The van der Waals surface area contributed by atoms with Crippen LogP contribution in [0.2, 0.25) is 0 Å². The van der Waals surface area contributed by atoms with Crippen molar-refractivity contribution in [3.05, 3.63) is 35.4 Å². The van der Waals surface area contributed by atoms with Crippen LogP contribution in [0.4, 0.5) is 17.6 Å². The van der Waals surface area contributed by atoms with Gasteiger partial charge in [-0.05, 0) is 72.3 Å². The lowest BCUT2D eigenvalue weighted by Crippen LogP contribution is -2.39. The molecule has 0 aromatic carbocycles. The van der Waals surface area contributed by atoms with E-state index in [1.807, 2.05) is 0 Å². The molecule has 6 rings (SSSR count). The van der Waals surface area contributed by atoms with Gasteiger partial charge in [0, 0.05) is 32.1 Å². The Balaban J connectivity index is 1.23. The fourth-order valence-corrected chi connectivity index (χ4v) is 6.15. The molecule has 2 N–H and O–H groups in total. The molecule has 3 aliphatic rings. The molecule has 15 heteroatoms. The van der Waals surface area contributed by atoms with Crippen molar-refractivity contribution in [2.75, 3.05) is 6.61 Å². The Bertz CT molecular complexity index is 1470. The summed E-state index contributed by atoms with van der Waals surface area (Å²) in [5.41, 5.74) is 1.45. The van der Waals surface area contributed by atoms with Gasteiger partial charge in [0.25, 0.3) is 11.8 Å². The lowest BCUT2D eigenvalue weighted by atomic mass is 9.79. The summed E-state index contributed by atoms with van der Waals surface area (Å²) in [5.74, 6) is -6.88. The number of rotatable bonds is 11. The highest BCUT2D eigenvalue weighted by Gasteiger charge is 2.46. The van der Waals surface area contributed by atoms with Crippen LogP contribution < -0.4 is 15.4 Å². The summed E-state index contributed by atoms with van der Waals surface area (Å²) in [6, 6.07) is 0.720. The molecule has 3 aromatic heterocycles. The lowest BCUT2D eigenvalue weighted by Gasteiger charge is -2.34. The van der Waals surface area contributed by atoms with Gasteiger partial charge in [0.05, 0.1) is 36.8 Å². The van der Waals surface area contributed by atoms with Crippen LogP contribution in [-0.2, 0) is 4.79 Å². The zero-order valence-corrected chi connectivity index (χ0v) is 23.6. The van der Waals surface area contributed by atoms with E-state index in [0.29, 0.717) is 11.3 Å². The summed E-state index contributed by atoms with van der Waals surface area (Å²) in [6.07, 6.45) is 4.34. The third-order valence-corrected chi connectivity index (χ3v) is 8.57. The highest BCUT2D eigenvalue weighted by Crippen LogP contribution is 2.45. The first kappa shape index (κ1) is 29.3. The molecule has 2 atom stereocenters. The van der Waals surface area contributed by atoms with Crippen molar-refractivity contribution in [3.63, 3.8) is 0 Å². The topological polar surface area (TPSA) is 137 Å². The van der Waals surface area contributed by atoms with Gasteiger partial charge < -0.3 is 15.4 Å². The number of alkyl halides is 4. The summed E-state index contributed by atoms with van der Waals surface area (Å²) in [6.45, 7) is 1.95. The number of halogens is 4. The average Bonchev–Trinajstić information content (AvgIpc) is 3.52. The molecule has 3 aromatic rings. The van der Waals surface area contributed by atoms with E-state index < -0.39 is 23.8 Å². The molecule has 3 fully saturated rings. The first-order valence-electron chi connectivity index (χ1n) is 14.7. The maximum absolute atomic E-state index is 14.0. The third-order valence-electron chi connectivity index (χ3n) is 8.57. The van der Waals surface area contributed by atoms with E-state index in [4.69, 9.17) is 9.72 Å². The van der Waals surface area contributed by atoms with E-state index in [2.05, 4.69) is 30.7 Å². The molecule has 0 bridgehead atoms. The number of carbonyl (C=O) groups excluding carboxylic acids is 2. The van der Waals surface area contributed by atoms with Crippen molar-refractivity contribution in [1.82, 2.24) is 35.5 Å². The highest BCUT2D eigenvalue weighted by molar-refractivity contribution is 5.94. The summed E-state index contributed by atoms with van der Waals surface area (Å²) in [4.78, 5) is 30.6. The van der Waals surface area contributed by atoms with E-state index in [1.165, 1.54) is 4.52 Å². The quantitative estimate of drug-likeness (QED) is 0.297. The normalized spacial score (nSPS) is 21.6. The number of imidazole rings is 1. The minimum absolute atomic E-state index is 0.0515. The minimum Gasteiger partial charge on any atom is -0.474 e. The van der Waals surface area contributed by atoms with Crippen LogP contribution in [0.5, 0.6) is 5.88 Å². The van der Waals surface area contributed by atoms with Crippen molar-refractivity contribution < 1.29 is 36.5 Å². The molecule has 0 aliphatic heterocycles. The number of ether oxygens (including phenoxy) is 1. The first-order valence-corrected chi connectivity index (χ1v) is 14.7. The number of nitrogens with zero attached hydrogens (tertiary/aromatic N) is 5. The smallest absolute Gasteiger partial charge is 0.289 e. The molecule has 0 saturated heterocycles. The molecular formula is C28H33F4N7O4. The first-order chi connectivity index (χ1) is 20.5. The molecule has 3 heterocycles. The second-order valence-corrected chi connectivity index (χ2v) is 12.0. The summed E-state index contributed by atoms with van der Waals surface area (Å²) in [7, 11) is 0. The Hall–Kier alpha value is -3.78. The molecule has 1 unspecified atom stereocenters. The van der Waals surface area contributed by atoms with Crippen LogP contribution in [0, 0.1) is 17.8 Å². The van der Waals surface area contributed by atoms with Crippen molar-refractivity contribution in [3.8, 4) is 5.88 Å². The summed E-state index contributed by atoms with van der Waals surface area (Å²) in [5, 5.41) is 17.6. The molecule has 3 saturated carbocycles. The predicted molar refractivity (Wildman–Crippen MR) is 141 cm³/mol. The van der Waals surface area contributed by atoms with Crippen LogP contribution in [-0.4, -0.2) is 55.2 Å². The van der Waals surface area contributed by atoms with Gasteiger partial charge in [0.1, 0.15) is 0 Å². The molecule has 43 heavy (non-hydrogen) atoms. The van der Waals surface area contributed by atoms with Crippen LogP contribution in [0.15, 0.2) is 23.1 Å². The zero-order valence-electron chi connectivity index (χ0n) is 23.6.